The van der Waals surface area contributed by atoms with Crippen LogP contribution in [0.15, 0.2) is 83.4 Å². The largest absolute Gasteiger partial charge is 0.465 e. The maximum absolute atomic E-state index is 13.6. The van der Waals surface area contributed by atoms with Gasteiger partial charge in [-0.3, -0.25) is 14.4 Å². The van der Waals surface area contributed by atoms with Crippen molar-refractivity contribution in [1.82, 2.24) is 5.32 Å². The molecule has 2 unspecified atom stereocenters. The number of hydrogen-bond acceptors (Lipinski definition) is 7. The van der Waals surface area contributed by atoms with Crippen LogP contribution < -0.4 is 16.0 Å². The average molecular weight is 737 g/mol. The lowest BCUT2D eigenvalue weighted by molar-refractivity contribution is -0.116. The fraction of sp³-hybridized carbons (Fsp3) is 0.243. The number of carbonyl (C=O) groups is 4. The summed E-state index contributed by atoms with van der Waals surface area (Å²) in [6.45, 7) is 4.10. The van der Waals surface area contributed by atoms with Gasteiger partial charge in [-0.2, -0.15) is 0 Å². The van der Waals surface area contributed by atoms with Crippen molar-refractivity contribution in [2.24, 2.45) is 5.92 Å². The van der Waals surface area contributed by atoms with Gasteiger partial charge in [0.15, 0.2) is 0 Å². The Morgan fingerprint density at radius 3 is 2.41 bits per heavy atom. The molecule has 8 nitrogen and oxygen atoms in total. The van der Waals surface area contributed by atoms with Crippen LogP contribution in [0.3, 0.4) is 0 Å². The molecule has 0 fully saturated rings. The van der Waals surface area contributed by atoms with Gasteiger partial charge in [-0.15, -0.1) is 23.1 Å². The number of esters is 1. The van der Waals surface area contributed by atoms with E-state index in [2.05, 4.69) is 22.9 Å². The maximum Gasteiger partial charge on any atom is 0.341 e. The summed E-state index contributed by atoms with van der Waals surface area (Å²) >= 11 is 15.6. The molecule has 0 saturated carbocycles. The van der Waals surface area contributed by atoms with E-state index in [0.29, 0.717) is 49.8 Å². The second kappa shape index (κ2) is 16.5. The molecule has 0 bridgehead atoms. The Morgan fingerprint density at radius 1 is 1.00 bits per heavy atom. The number of ether oxygens (including phenoxy) is 1. The number of methoxy groups -OCH3 is 1. The molecule has 3 aromatic carbocycles. The molecule has 2 atom stereocenters. The van der Waals surface area contributed by atoms with Gasteiger partial charge in [0.25, 0.3) is 11.8 Å². The Morgan fingerprint density at radius 2 is 1.71 bits per heavy atom. The summed E-state index contributed by atoms with van der Waals surface area (Å²) in [6, 6.07) is 20.5. The second-order valence-corrected chi connectivity index (χ2v) is 14.7. The first kappa shape index (κ1) is 36.2. The summed E-state index contributed by atoms with van der Waals surface area (Å²) in [6.07, 6.45) is 4.56. The quantitative estimate of drug-likeness (QED) is 0.0806. The molecule has 254 valence electrons. The molecule has 0 aliphatic heterocycles. The van der Waals surface area contributed by atoms with E-state index >= 15 is 0 Å². The van der Waals surface area contributed by atoms with Gasteiger partial charge in [-0.25, -0.2) is 4.79 Å². The third kappa shape index (κ3) is 8.93. The Hall–Kier alpha value is -4.09. The normalized spacial score (nSPS) is 14.7. The summed E-state index contributed by atoms with van der Waals surface area (Å²) < 4.78 is 5.08. The molecule has 49 heavy (non-hydrogen) atoms. The summed E-state index contributed by atoms with van der Waals surface area (Å²) in [5.74, 6) is -1.25. The van der Waals surface area contributed by atoms with Crippen molar-refractivity contribution in [3.8, 4) is 0 Å². The van der Waals surface area contributed by atoms with Gasteiger partial charge >= 0.3 is 5.97 Å². The monoisotopic (exact) mass is 735 g/mol. The van der Waals surface area contributed by atoms with Crippen LogP contribution >= 0.6 is 46.3 Å². The van der Waals surface area contributed by atoms with Gasteiger partial charge in [0.1, 0.15) is 10.7 Å². The zero-order valence-corrected chi connectivity index (χ0v) is 30.2. The molecule has 12 heteroatoms. The van der Waals surface area contributed by atoms with Gasteiger partial charge in [0.05, 0.1) is 17.9 Å². The number of fused-ring (bicyclic) bond motifs is 1. The van der Waals surface area contributed by atoms with Crippen LogP contribution in [0.4, 0.5) is 10.7 Å². The van der Waals surface area contributed by atoms with Crippen molar-refractivity contribution in [2.45, 2.75) is 49.7 Å². The van der Waals surface area contributed by atoms with Gasteiger partial charge in [-0.1, -0.05) is 67.4 Å². The van der Waals surface area contributed by atoms with Crippen molar-refractivity contribution < 1.29 is 23.9 Å². The van der Waals surface area contributed by atoms with E-state index in [1.807, 2.05) is 13.0 Å². The van der Waals surface area contributed by atoms with E-state index < -0.39 is 23.0 Å². The third-order valence-corrected chi connectivity index (χ3v) is 11.2. The fourth-order valence-electron chi connectivity index (χ4n) is 5.42. The molecule has 1 aliphatic carbocycles. The summed E-state index contributed by atoms with van der Waals surface area (Å²) in [4.78, 5) is 54.9. The lowest BCUT2D eigenvalue weighted by Gasteiger charge is -2.18. The second-order valence-electron chi connectivity index (χ2n) is 11.5. The minimum absolute atomic E-state index is 0.0674. The summed E-state index contributed by atoms with van der Waals surface area (Å²) in [5.41, 5.74) is 2.55. The Balaban J connectivity index is 1.34. The fourth-order valence-corrected chi connectivity index (χ4v) is 8.34. The smallest absolute Gasteiger partial charge is 0.341 e. The van der Waals surface area contributed by atoms with Crippen molar-refractivity contribution in [3.05, 3.63) is 116 Å². The van der Waals surface area contributed by atoms with E-state index in [4.69, 9.17) is 27.9 Å². The molecular formula is C37H35Cl2N3O5S2. The van der Waals surface area contributed by atoms with Gasteiger partial charge in [0, 0.05) is 36.6 Å². The SMILES string of the molecule is CCC(Sc1cccc(NC(=O)/C(=C\c2c(Cl)cccc2Cl)NC(=O)c2ccccc2)c1)C(=O)Nc1sc2c(c1C(=O)OC)CCC(C)C2. The first-order valence-corrected chi connectivity index (χ1v) is 18.2. The van der Waals surface area contributed by atoms with Gasteiger partial charge in [0.2, 0.25) is 5.91 Å². The molecular weight excluding hydrogens is 701 g/mol. The number of benzene rings is 3. The third-order valence-electron chi connectivity index (χ3n) is 7.99. The molecule has 1 aliphatic rings. The molecule has 0 saturated heterocycles. The highest BCUT2D eigenvalue weighted by molar-refractivity contribution is 8.00. The molecule has 4 aromatic rings. The number of hydrogen-bond donors (Lipinski definition) is 3. The predicted octanol–water partition coefficient (Wildman–Crippen LogP) is 8.89. The molecule has 3 N–H and O–H groups in total. The van der Waals surface area contributed by atoms with Crippen LogP contribution in [-0.4, -0.2) is 36.1 Å². The Labute approximate surface area is 303 Å². The lowest BCUT2D eigenvalue weighted by Crippen LogP contribution is -2.30. The van der Waals surface area contributed by atoms with Crippen LogP contribution in [0.5, 0.6) is 0 Å². The predicted molar refractivity (Wildman–Crippen MR) is 199 cm³/mol. The zero-order valence-electron chi connectivity index (χ0n) is 27.1. The lowest BCUT2D eigenvalue weighted by atomic mass is 9.88. The highest BCUT2D eigenvalue weighted by Gasteiger charge is 2.30. The number of amides is 3. The highest BCUT2D eigenvalue weighted by atomic mass is 35.5. The minimum atomic E-state index is -0.599. The number of carbonyl (C=O) groups excluding carboxylic acids is 4. The van der Waals surface area contributed by atoms with Crippen LogP contribution in [0.2, 0.25) is 10.0 Å². The first-order valence-electron chi connectivity index (χ1n) is 15.7. The van der Waals surface area contributed by atoms with E-state index in [1.54, 1.807) is 66.7 Å². The number of nitrogens with one attached hydrogen (secondary N) is 3. The van der Waals surface area contributed by atoms with Gasteiger partial charge < -0.3 is 20.7 Å². The van der Waals surface area contributed by atoms with E-state index in [-0.39, 0.29) is 11.6 Å². The summed E-state index contributed by atoms with van der Waals surface area (Å²) in [7, 11) is 1.35. The van der Waals surface area contributed by atoms with E-state index in [1.165, 1.54) is 36.3 Å². The van der Waals surface area contributed by atoms with Crippen LogP contribution in [0, 0.1) is 5.92 Å². The molecule has 3 amide bonds. The first-order chi connectivity index (χ1) is 23.6. The van der Waals surface area contributed by atoms with Crippen molar-refractivity contribution in [2.75, 3.05) is 17.7 Å². The zero-order chi connectivity index (χ0) is 35.1. The number of halogens is 2. The number of thiophene rings is 1. The van der Waals surface area contributed by atoms with Crippen molar-refractivity contribution in [3.63, 3.8) is 0 Å². The Kier molecular flexibility index (Phi) is 12.2. The molecule has 5 rings (SSSR count). The van der Waals surface area contributed by atoms with E-state index in [0.717, 1.165) is 34.6 Å². The minimum Gasteiger partial charge on any atom is -0.465 e. The standard InChI is InChI=1S/C37H35Cl2N3O5S2/c1-4-30(35(45)42-36-32(37(46)47-3)25-17-16-21(2)18-31(25)49-36)48-24-13-8-12-23(19-24)40-34(44)29(20-26-27(38)14-9-15-28(26)39)41-33(43)22-10-6-5-7-11-22/h5-15,19-21,30H,4,16-18H2,1-3H3,(H,40,44)(H,41,43)(H,42,45)/b29-20+. The molecule has 0 radical (unpaired) electrons. The van der Waals surface area contributed by atoms with E-state index in [9.17, 15) is 19.2 Å². The van der Waals surface area contributed by atoms with Crippen LogP contribution in [0.25, 0.3) is 6.08 Å². The molecule has 1 heterocycles. The van der Waals surface area contributed by atoms with Crippen LogP contribution in [0.1, 0.15) is 63.4 Å². The van der Waals surface area contributed by atoms with Crippen LogP contribution in [-0.2, 0) is 27.2 Å². The number of thioether (sulfide) groups is 1. The Bertz CT molecular complexity index is 1890. The summed E-state index contributed by atoms with van der Waals surface area (Å²) in [5, 5.41) is 9.20. The highest BCUT2D eigenvalue weighted by Crippen LogP contribution is 2.40. The topological polar surface area (TPSA) is 114 Å². The average Bonchev–Trinajstić information content (AvgIpc) is 3.44. The van der Waals surface area contributed by atoms with Gasteiger partial charge in [-0.05, 0) is 85.7 Å². The molecule has 1 aromatic heterocycles. The number of rotatable bonds is 11. The van der Waals surface area contributed by atoms with Crippen molar-refractivity contribution in [1.29, 1.82) is 0 Å². The number of anilines is 2. The van der Waals surface area contributed by atoms with Crippen molar-refractivity contribution >= 4 is 86.8 Å². The molecule has 0 spiro atoms. The maximum atomic E-state index is 13.6.